The van der Waals surface area contributed by atoms with E-state index in [0.717, 1.165) is 18.1 Å². The molecule has 6 heteroatoms. The molecule has 0 fully saturated rings. The summed E-state index contributed by atoms with van der Waals surface area (Å²) < 4.78 is 10.3. The van der Waals surface area contributed by atoms with Gasteiger partial charge in [0.1, 0.15) is 5.58 Å². The molecule has 0 saturated carbocycles. The Bertz CT molecular complexity index is 1050. The van der Waals surface area contributed by atoms with Crippen LogP contribution in [0.15, 0.2) is 57.7 Å². The Balaban J connectivity index is 1.96. The maximum Gasteiger partial charge on any atom is 0.339 e. The lowest BCUT2D eigenvalue weighted by molar-refractivity contribution is 0.0602. The third-order valence-electron chi connectivity index (χ3n) is 4.00. The van der Waals surface area contributed by atoms with E-state index in [0.29, 0.717) is 11.0 Å². The van der Waals surface area contributed by atoms with E-state index in [1.165, 1.54) is 13.2 Å². The highest BCUT2D eigenvalue weighted by Crippen LogP contribution is 2.19. The van der Waals surface area contributed by atoms with Gasteiger partial charge in [0, 0.05) is 6.07 Å². The minimum Gasteiger partial charge on any atom is -0.465 e. The quantitative estimate of drug-likeness (QED) is 0.728. The molecule has 132 valence electrons. The standard InChI is InChI=1S/C20H17NO5/c1-3-12-8-9-17-14(10-12)16(22)11-18(26-17)19(23)21-15-7-5-4-6-13(15)20(24)25-2/h4-11H,3H2,1-2H3,(H,21,23). The van der Waals surface area contributed by atoms with Crippen LogP contribution in [0.3, 0.4) is 0 Å². The first-order valence-electron chi connectivity index (χ1n) is 8.09. The van der Waals surface area contributed by atoms with Crippen molar-refractivity contribution in [3.63, 3.8) is 0 Å². The van der Waals surface area contributed by atoms with Crippen LogP contribution in [-0.4, -0.2) is 19.0 Å². The molecule has 0 spiro atoms. The molecule has 0 aliphatic rings. The van der Waals surface area contributed by atoms with Crippen molar-refractivity contribution in [2.24, 2.45) is 0 Å². The van der Waals surface area contributed by atoms with Gasteiger partial charge in [-0.25, -0.2) is 4.79 Å². The Morgan fingerprint density at radius 1 is 1.12 bits per heavy atom. The zero-order chi connectivity index (χ0) is 18.7. The Kier molecular flexibility index (Phi) is 4.84. The maximum atomic E-state index is 12.5. The molecule has 1 N–H and O–H groups in total. The number of carbonyl (C=O) groups excluding carboxylic acids is 2. The SMILES string of the molecule is CCc1ccc2oc(C(=O)Nc3ccccc3C(=O)OC)cc(=O)c2c1. The number of esters is 1. The number of aryl methyl sites for hydroxylation is 1. The summed E-state index contributed by atoms with van der Waals surface area (Å²) in [5, 5.41) is 3.01. The van der Waals surface area contributed by atoms with Crippen molar-refractivity contribution in [3.8, 4) is 0 Å². The van der Waals surface area contributed by atoms with Gasteiger partial charge in [-0.2, -0.15) is 0 Å². The smallest absolute Gasteiger partial charge is 0.339 e. The molecule has 1 heterocycles. The molecule has 1 aromatic heterocycles. The average molecular weight is 351 g/mol. The van der Waals surface area contributed by atoms with Gasteiger partial charge in [0.2, 0.25) is 0 Å². The molecule has 6 nitrogen and oxygen atoms in total. The third-order valence-corrected chi connectivity index (χ3v) is 4.00. The first kappa shape index (κ1) is 17.4. The second-order valence-electron chi connectivity index (χ2n) is 5.65. The lowest BCUT2D eigenvalue weighted by atomic mass is 10.1. The van der Waals surface area contributed by atoms with E-state index in [1.807, 2.05) is 13.0 Å². The van der Waals surface area contributed by atoms with Crippen LogP contribution in [0.5, 0.6) is 0 Å². The van der Waals surface area contributed by atoms with Gasteiger partial charge in [-0.3, -0.25) is 9.59 Å². The van der Waals surface area contributed by atoms with Crippen LogP contribution in [0.4, 0.5) is 5.69 Å². The molecule has 0 radical (unpaired) electrons. The molecule has 2 aromatic carbocycles. The molecular weight excluding hydrogens is 334 g/mol. The molecule has 0 bridgehead atoms. The summed E-state index contributed by atoms with van der Waals surface area (Å²) in [5.74, 6) is -1.33. The highest BCUT2D eigenvalue weighted by Gasteiger charge is 2.17. The third kappa shape index (κ3) is 3.35. The predicted octanol–water partition coefficient (Wildman–Crippen LogP) is 3.39. The van der Waals surface area contributed by atoms with Gasteiger partial charge in [0.05, 0.1) is 23.7 Å². The molecule has 26 heavy (non-hydrogen) atoms. The fraction of sp³-hybridized carbons (Fsp3) is 0.150. The fourth-order valence-corrected chi connectivity index (χ4v) is 2.60. The Morgan fingerprint density at radius 2 is 1.88 bits per heavy atom. The summed E-state index contributed by atoms with van der Waals surface area (Å²) in [6.45, 7) is 1.99. The van der Waals surface area contributed by atoms with Crippen LogP contribution in [0.25, 0.3) is 11.0 Å². The number of hydrogen-bond donors (Lipinski definition) is 1. The van der Waals surface area contributed by atoms with E-state index in [2.05, 4.69) is 5.32 Å². The first-order valence-corrected chi connectivity index (χ1v) is 8.09. The largest absolute Gasteiger partial charge is 0.465 e. The summed E-state index contributed by atoms with van der Waals surface area (Å²) in [7, 11) is 1.26. The monoisotopic (exact) mass is 351 g/mol. The molecule has 0 unspecified atom stereocenters. The highest BCUT2D eigenvalue weighted by molar-refractivity contribution is 6.07. The normalized spacial score (nSPS) is 10.5. The van der Waals surface area contributed by atoms with Crippen LogP contribution < -0.4 is 10.7 Å². The number of fused-ring (bicyclic) bond motifs is 1. The van der Waals surface area contributed by atoms with E-state index in [-0.39, 0.29) is 22.4 Å². The first-order chi connectivity index (χ1) is 12.5. The molecule has 1 amide bonds. The summed E-state index contributed by atoms with van der Waals surface area (Å²) in [4.78, 5) is 36.6. The van der Waals surface area contributed by atoms with Crippen LogP contribution in [0.2, 0.25) is 0 Å². The van der Waals surface area contributed by atoms with Gasteiger partial charge < -0.3 is 14.5 Å². The number of carbonyl (C=O) groups is 2. The zero-order valence-electron chi connectivity index (χ0n) is 14.4. The van der Waals surface area contributed by atoms with Crippen molar-refractivity contribution in [3.05, 3.63) is 75.6 Å². The number of rotatable bonds is 4. The number of benzene rings is 2. The highest BCUT2D eigenvalue weighted by atomic mass is 16.5. The van der Waals surface area contributed by atoms with Gasteiger partial charge >= 0.3 is 5.97 Å². The predicted molar refractivity (Wildman–Crippen MR) is 97.6 cm³/mol. The van der Waals surface area contributed by atoms with Gasteiger partial charge in [-0.05, 0) is 36.2 Å². The molecule has 3 aromatic rings. The van der Waals surface area contributed by atoms with E-state index in [4.69, 9.17) is 9.15 Å². The Labute approximate surface area is 149 Å². The zero-order valence-corrected chi connectivity index (χ0v) is 14.4. The van der Waals surface area contributed by atoms with Gasteiger partial charge in [0.25, 0.3) is 5.91 Å². The van der Waals surface area contributed by atoms with Gasteiger partial charge in [0.15, 0.2) is 11.2 Å². The molecule has 0 atom stereocenters. The Hall–Kier alpha value is -3.41. The molecule has 0 aliphatic heterocycles. The topological polar surface area (TPSA) is 85.6 Å². The van der Waals surface area contributed by atoms with Crippen molar-refractivity contribution < 1.29 is 18.7 Å². The molecule has 0 saturated heterocycles. The van der Waals surface area contributed by atoms with Crippen LogP contribution in [-0.2, 0) is 11.2 Å². The number of ether oxygens (including phenoxy) is 1. The summed E-state index contributed by atoms with van der Waals surface area (Å²) in [6.07, 6.45) is 0.794. The minimum absolute atomic E-state index is 0.133. The van der Waals surface area contributed by atoms with Crippen LogP contribution in [0, 0.1) is 0 Å². The van der Waals surface area contributed by atoms with Gasteiger partial charge in [-0.15, -0.1) is 0 Å². The van der Waals surface area contributed by atoms with E-state index < -0.39 is 11.9 Å². The van der Waals surface area contributed by atoms with Crippen molar-refractivity contribution >= 4 is 28.5 Å². The van der Waals surface area contributed by atoms with E-state index in [1.54, 1.807) is 30.3 Å². The van der Waals surface area contributed by atoms with Crippen LogP contribution >= 0.6 is 0 Å². The van der Waals surface area contributed by atoms with E-state index in [9.17, 15) is 14.4 Å². The number of para-hydroxylation sites is 1. The van der Waals surface area contributed by atoms with Crippen LogP contribution in [0.1, 0.15) is 33.4 Å². The molecular formula is C20H17NO5. The average Bonchev–Trinajstić information content (AvgIpc) is 2.67. The lowest BCUT2D eigenvalue weighted by Gasteiger charge is -2.09. The van der Waals surface area contributed by atoms with Gasteiger partial charge in [-0.1, -0.05) is 25.1 Å². The number of methoxy groups -OCH3 is 1. The molecule has 3 rings (SSSR count). The number of amides is 1. The van der Waals surface area contributed by atoms with Crippen molar-refractivity contribution in [2.75, 3.05) is 12.4 Å². The number of nitrogens with one attached hydrogen (secondary N) is 1. The lowest BCUT2D eigenvalue weighted by Crippen LogP contribution is -2.17. The maximum absolute atomic E-state index is 12.5. The number of hydrogen-bond acceptors (Lipinski definition) is 5. The van der Waals surface area contributed by atoms with Crippen molar-refractivity contribution in [2.45, 2.75) is 13.3 Å². The second-order valence-corrected chi connectivity index (χ2v) is 5.65. The fourth-order valence-electron chi connectivity index (χ4n) is 2.60. The Morgan fingerprint density at radius 3 is 2.62 bits per heavy atom. The van der Waals surface area contributed by atoms with Crippen molar-refractivity contribution in [1.82, 2.24) is 0 Å². The van der Waals surface area contributed by atoms with Crippen molar-refractivity contribution in [1.29, 1.82) is 0 Å². The second kappa shape index (κ2) is 7.23. The summed E-state index contributed by atoms with van der Waals surface area (Å²) in [5.41, 5.74) is 1.52. The van der Waals surface area contributed by atoms with E-state index >= 15 is 0 Å². The summed E-state index contributed by atoms with van der Waals surface area (Å²) in [6, 6.07) is 12.9. The number of anilines is 1. The minimum atomic E-state index is -0.625. The molecule has 0 aliphatic carbocycles. The summed E-state index contributed by atoms with van der Waals surface area (Å²) >= 11 is 0.